The third-order valence-electron chi connectivity index (χ3n) is 2.77. The molecule has 0 amide bonds. The Hall–Kier alpha value is -1.49. The fourth-order valence-electron chi connectivity index (χ4n) is 1.80. The number of methoxy groups -OCH3 is 3. The molecule has 0 N–H and O–H groups in total. The summed E-state index contributed by atoms with van der Waals surface area (Å²) in [5, 5.41) is 0. The Morgan fingerprint density at radius 3 is 2.37 bits per heavy atom. The Morgan fingerprint density at radius 2 is 1.89 bits per heavy atom. The maximum Gasteiger partial charge on any atom is 0.313 e. The first kappa shape index (κ1) is 15.6. The number of carbonyl (C=O) groups excluding carboxylic acids is 1. The minimum absolute atomic E-state index is 0.312. The van der Waals surface area contributed by atoms with Crippen molar-refractivity contribution in [2.45, 2.75) is 12.3 Å². The number of carbonyl (C=O) groups is 1. The van der Waals surface area contributed by atoms with Crippen molar-refractivity contribution in [3.8, 4) is 11.5 Å². The molecule has 0 heterocycles. The first-order valence-electron chi connectivity index (χ1n) is 5.69. The summed E-state index contributed by atoms with van der Waals surface area (Å²) in [6.07, 6.45) is 2.17. The second-order valence-corrected chi connectivity index (χ2v) is 4.68. The van der Waals surface area contributed by atoms with E-state index in [2.05, 4.69) is 22.5 Å². The minimum Gasteiger partial charge on any atom is -0.493 e. The summed E-state index contributed by atoms with van der Waals surface area (Å²) in [6.45, 7) is 3.67. The number of hydrogen-bond acceptors (Lipinski definition) is 4. The fraction of sp³-hybridized carbons (Fsp3) is 0.357. The van der Waals surface area contributed by atoms with E-state index >= 15 is 0 Å². The molecule has 1 aromatic carbocycles. The van der Waals surface area contributed by atoms with Crippen molar-refractivity contribution in [2.24, 2.45) is 0 Å². The quantitative estimate of drug-likeness (QED) is 0.593. The molecule has 1 atom stereocenters. The predicted molar refractivity (Wildman–Crippen MR) is 76.8 cm³/mol. The highest BCUT2D eigenvalue weighted by Crippen LogP contribution is 2.38. The van der Waals surface area contributed by atoms with Crippen LogP contribution in [0.4, 0.5) is 0 Å². The van der Waals surface area contributed by atoms with E-state index in [-0.39, 0.29) is 5.97 Å². The van der Waals surface area contributed by atoms with E-state index < -0.39 is 5.92 Å². The van der Waals surface area contributed by atoms with E-state index in [9.17, 15) is 4.79 Å². The zero-order valence-corrected chi connectivity index (χ0v) is 12.8. The molecule has 0 spiro atoms. The number of esters is 1. The molecule has 0 aliphatic carbocycles. The molecule has 0 aliphatic heterocycles. The van der Waals surface area contributed by atoms with Crippen LogP contribution in [0.25, 0.3) is 0 Å². The number of allylic oxidation sites excluding steroid dienone is 1. The summed E-state index contributed by atoms with van der Waals surface area (Å²) in [5.41, 5.74) is 0.782. The minimum atomic E-state index is -0.420. The lowest BCUT2D eigenvalue weighted by molar-refractivity contribution is -0.142. The molecule has 0 radical (unpaired) electrons. The van der Waals surface area contributed by atoms with Crippen molar-refractivity contribution in [3.63, 3.8) is 0 Å². The average molecular weight is 329 g/mol. The molecular weight excluding hydrogens is 312 g/mol. The van der Waals surface area contributed by atoms with Crippen LogP contribution in [0, 0.1) is 0 Å². The highest BCUT2D eigenvalue weighted by molar-refractivity contribution is 9.10. The zero-order chi connectivity index (χ0) is 14.4. The summed E-state index contributed by atoms with van der Waals surface area (Å²) in [6, 6.07) is 3.54. The molecule has 1 aromatic rings. The molecule has 5 heteroatoms. The molecule has 0 saturated carbocycles. The van der Waals surface area contributed by atoms with Gasteiger partial charge in [-0.25, -0.2) is 0 Å². The average Bonchev–Trinajstić information content (AvgIpc) is 2.44. The van der Waals surface area contributed by atoms with E-state index in [1.165, 1.54) is 7.11 Å². The van der Waals surface area contributed by atoms with E-state index in [1.54, 1.807) is 32.4 Å². The van der Waals surface area contributed by atoms with Gasteiger partial charge in [-0.1, -0.05) is 22.0 Å². The molecule has 4 nitrogen and oxygen atoms in total. The van der Waals surface area contributed by atoms with Crippen molar-refractivity contribution < 1.29 is 19.0 Å². The molecule has 0 bridgehead atoms. The largest absolute Gasteiger partial charge is 0.493 e. The van der Waals surface area contributed by atoms with Gasteiger partial charge in [0.05, 0.1) is 27.2 Å². The van der Waals surface area contributed by atoms with E-state index in [4.69, 9.17) is 14.2 Å². The maximum absolute atomic E-state index is 11.8. The summed E-state index contributed by atoms with van der Waals surface area (Å²) >= 11 is 3.44. The molecule has 0 fully saturated rings. The lowest BCUT2D eigenvalue weighted by Crippen LogP contribution is -2.14. The van der Waals surface area contributed by atoms with Gasteiger partial charge in [-0.2, -0.15) is 0 Å². The summed E-state index contributed by atoms with van der Waals surface area (Å²) in [4.78, 5) is 11.8. The van der Waals surface area contributed by atoms with Gasteiger partial charge in [0.15, 0.2) is 11.5 Å². The number of rotatable bonds is 6. The van der Waals surface area contributed by atoms with Gasteiger partial charge in [-0.3, -0.25) is 4.79 Å². The summed E-state index contributed by atoms with van der Waals surface area (Å²) < 4.78 is 16.0. The number of benzene rings is 1. The Kier molecular flexibility index (Phi) is 5.89. The number of hydrogen-bond donors (Lipinski definition) is 0. The van der Waals surface area contributed by atoms with Crippen LogP contribution < -0.4 is 9.47 Å². The van der Waals surface area contributed by atoms with Crippen molar-refractivity contribution in [3.05, 3.63) is 34.8 Å². The van der Waals surface area contributed by atoms with Crippen LogP contribution in [0.15, 0.2) is 29.3 Å². The van der Waals surface area contributed by atoms with Crippen LogP contribution in [-0.2, 0) is 9.53 Å². The lowest BCUT2D eigenvalue weighted by atomic mass is 9.95. The summed E-state index contributed by atoms with van der Waals surface area (Å²) in [5.74, 6) is 0.434. The topological polar surface area (TPSA) is 44.8 Å². The molecule has 0 aliphatic rings. The molecule has 0 aromatic heterocycles. The third kappa shape index (κ3) is 3.50. The highest BCUT2D eigenvalue weighted by Gasteiger charge is 2.24. The van der Waals surface area contributed by atoms with Gasteiger partial charge in [-0.15, -0.1) is 6.58 Å². The molecular formula is C14H17BrO4. The second-order valence-electron chi connectivity index (χ2n) is 3.83. The molecule has 19 heavy (non-hydrogen) atoms. The molecule has 1 rings (SSSR count). The van der Waals surface area contributed by atoms with Crippen LogP contribution in [-0.4, -0.2) is 27.3 Å². The van der Waals surface area contributed by atoms with Crippen molar-refractivity contribution in [2.75, 3.05) is 21.3 Å². The van der Waals surface area contributed by atoms with Crippen LogP contribution >= 0.6 is 15.9 Å². The molecule has 0 saturated heterocycles. The van der Waals surface area contributed by atoms with Gasteiger partial charge >= 0.3 is 5.97 Å². The maximum atomic E-state index is 11.8. The van der Waals surface area contributed by atoms with Gasteiger partial charge in [0, 0.05) is 4.47 Å². The Balaban J connectivity index is 3.29. The first-order valence-corrected chi connectivity index (χ1v) is 6.48. The predicted octanol–water partition coefficient (Wildman–Crippen LogP) is 3.30. The van der Waals surface area contributed by atoms with Crippen molar-refractivity contribution in [1.82, 2.24) is 0 Å². The third-order valence-corrected chi connectivity index (χ3v) is 3.45. The van der Waals surface area contributed by atoms with E-state index in [0.29, 0.717) is 17.9 Å². The zero-order valence-electron chi connectivity index (χ0n) is 11.2. The van der Waals surface area contributed by atoms with Crippen molar-refractivity contribution >= 4 is 21.9 Å². The van der Waals surface area contributed by atoms with Gasteiger partial charge in [0.25, 0.3) is 0 Å². The van der Waals surface area contributed by atoms with Crippen LogP contribution in [0.1, 0.15) is 17.9 Å². The van der Waals surface area contributed by atoms with Crippen LogP contribution in [0.3, 0.4) is 0 Å². The van der Waals surface area contributed by atoms with Crippen LogP contribution in [0.5, 0.6) is 11.5 Å². The smallest absolute Gasteiger partial charge is 0.313 e. The Labute approximate surface area is 121 Å². The van der Waals surface area contributed by atoms with E-state index in [0.717, 1.165) is 10.0 Å². The molecule has 104 valence electrons. The summed E-state index contributed by atoms with van der Waals surface area (Å²) in [7, 11) is 4.48. The number of ether oxygens (including phenoxy) is 3. The van der Waals surface area contributed by atoms with Gasteiger partial charge in [-0.05, 0) is 24.1 Å². The number of halogens is 1. The van der Waals surface area contributed by atoms with Gasteiger partial charge < -0.3 is 14.2 Å². The normalized spacial score (nSPS) is 11.6. The Bertz CT molecular complexity index is 471. The SMILES string of the molecule is C=CCC(C(=O)OC)c1cc(OC)c(OC)cc1Br. The first-order chi connectivity index (χ1) is 9.08. The second kappa shape index (κ2) is 7.19. The van der Waals surface area contributed by atoms with Gasteiger partial charge in [0.2, 0.25) is 0 Å². The lowest BCUT2D eigenvalue weighted by Gasteiger charge is -2.17. The van der Waals surface area contributed by atoms with E-state index in [1.807, 2.05) is 0 Å². The monoisotopic (exact) mass is 328 g/mol. The van der Waals surface area contributed by atoms with Crippen LogP contribution in [0.2, 0.25) is 0 Å². The van der Waals surface area contributed by atoms with Gasteiger partial charge in [0.1, 0.15) is 0 Å². The molecule has 1 unspecified atom stereocenters. The Morgan fingerprint density at radius 1 is 1.32 bits per heavy atom. The fourth-order valence-corrected chi connectivity index (χ4v) is 2.39. The standard InChI is InChI=1S/C14H17BrO4/c1-5-6-9(14(16)19-4)10-7-12(17-2)13(18-3)8-11(10)15/h5,7-9H,1,6H2,2-4H3. The van der Waals surface area contributed by atoms with Crippen molar-refractivity contribution in [1.29, 1.82) is 0 Å². The highest BCUT2D eigenvalue weighted by atomic mass is 79.9.